The third-order valence-electron chi connectivity index (χ3n) is 2.55. The van der Waals surface area contributed by atoms with Crippen LogP contribution in [0, 0.1) is 12.7 Å². The molecule has 1 heterocycles. The van der Waals surface area contributed by atoms with Crippen LogP contribution >= 0.6 is 0 Å². The Kier molecular flexibility index (Phi) is 3.41. The van der Waals surface area contributed by atoms with Gasteiger partial charge in [0.25, 0.3) is 0 Å². The van der Waals surface area contributed by atoms with Crippen molar-refractivity contribution < 1.29 is 13.9 Å². The number of ether oxygens (including phenoxy) is 1. The van der Waals surface area contributed by atoms with E-state index in [-0.39, 0.29) is 12.2 Å². The molecule has 0 amide bonds. The summed E-state index contributed by atoms with van der Waals surface area (Å²) in [6, 6.07) is 4.05. The number of rotatable bonds is 3. The van der Waals surface area contributed by atoms with Crippen LogP contribution in [0.1, 0.15) is 21.5 Å². The van der Waals surface area contributed by atoms with E-state index in [0.29, 0.717) is 5.56 Å². The quantitative estimate of drug-likeness (QED) is 0.782. The molecule has 0 unspecified atom stereocenters. The highest BCUT2D eigenvalue weighted by atomic mass is 19.1. The zero-order valence-corrected chi connectivity index (χ0v) is 10.2. The standard InChI is InChI=1S/C13H13FN2O2/c1-9-3-4-11(14)5-12(9)13(17)18-8-10-6-15-16(2)7-10/h3-7H,8H2,1-2H3. The smallest absolute Gasteiger partial charge is 0.338 e. The largest absolute Gasteiger partial charge is 0.457 e. The summed E-state index contributed by atoms with van der Waals surface area (Å²) < 4.78 is 19.8. The van der Waals surface area contributed by atoms with Crippen molar-refractivity contribution in [2.45, 2.75) is 13.5 Å². The molecule has 0 fully saturated rings. The molecule has 4 nitrogen and oxygen atoms in total. The van der Waals surface area contributed by atoms with Crippen LogP contribution in [-0.2, 0) is 18.4 Å². The fourth-order valence-corrected chi connectivity index (χ4v) is 1.59. The van der Waals surface area contributed by atoms with Crippen molar-refractivity contribution in [1.82, 2.24) is 9.78 Å². The van der Waals surface area contributed by atoms with Crippen LogP contribution in [0.5, 0.6) is 0 Å². The molecule has 0 atom stereocenters. The van der Waals surface area contributed by atoms with Gasteiger partial charge in [-0.05, 0) is 24.6 Å². The van der Waals surface area contributed by atoms with Gasteiger partial charge in [0.1, 0.15) is 12.4 Å². The summed E-state index contributed by atoms with van der Waals surface area (Å²) >= 11 is 0. The number of carbonyl (C=O) groups is 1. The molecule has 0 N–H and O–H groups in total. The third kappa shape index (κ3) is 2.74. The van der Waals surface area contributed by atoms with Crippen molar-refractivity contribution in [2.75, 3.05) is 0 Å². The minimum absolute atomic E-state index is 0.128. The van der Waals surface area contributed by atoms with E-state index in [0.717, 1.165) is 5.56 Å². The van der Waals surface area contributed by atoms with Gasteiger partial charge in [0, 0.05) is 18.8 Å². The lowest BCUT2D eigenvalue weighted by molar-refractivity contribution is 0.0471. The number of aryl methyl sites for hydroxylation is 2. The van der Waals surface area contributed by atoms with Crippen LogP contribution < -0.4 is 0 Å². The molecule has 0 saturated carbocycles. The Morgan fingerprint density at radius 2 is 2.28 bits per heavy atom. The van der Waals surface area contributed by atoms with Gasteiger partial charge in [0.2, 0.25) is 0 Å². The van der Waals surface area contributed by atoms with E-state index in [9.17, 15) is 9.18 Å². The van der Waals surface area contributed by atoms with Gasteiger partial charge in [-0.1, -0.05) is 6.07 Å². The summed E-state index contributed by atoms with van der Waals surface area (Å²) in [5, 5.41) is 3.96. The summed E-state index contributed by atoms with van der Waals surface area (Å²) in [4.78, 5) is 11.8. The van der Waals surface area contributed by atoms with E-state index in [4.69, 9.17) is 4.74 Å². The van der Waals surface area contributed by atoms with E-state index in [1.807, 2.05) is 0 Å². The average Bonchev–Trinajstić information content (AvgIpc) is 2.75. The number of benzene rings is 1. The lowest BCUT2D eigenvalue weighted by Gasteiger charge is -2.06. The second kappa shape index (κ2) is 5.00. The van der Waals surface area contributed by atoms with Crippen molar-refractivity contribution in [3.63, 3.8) is 0 Å². The highest BCUT2D eigenvalue weighted by Crippen LogP contribution is 2.12. The van der Waals surface area contributed by atoms with Gasteiger partial charge in [0.15, 0.2) is 0 Å². The van der Waals surface area contributed by atoms with Crippen molar-refractivity contribution in [3.8, 4) is 0 Å². The van der Waals surface area contributed by atoms with E-state index in [1.165, 1.54) is 12.1 Å². The average molecular weight is 248 g/mol. The van der Waals surface area contributed by atoms with Gasteiger partial charge < -0.3 is 4.74 Å². The lowest BCUT2D eigenvalue weighted by atomic mass is 10.1. The number of aromatic nitrogens is 2. The zero-order valence-electron chi connectivity index (χ0n) is 10.2. The van der Waals surface area contributed by atoms with E-state index < -0.39 is 11.8 Å². The van der Waals surface area contributed by atoms with Crippen molar-refractivity contribution >= 4 is 5.97 Å². The first-order chi connectivity index (χ1) is 8.56. The highest BCUT2D eigenvalue weighted by Gasteiger charge is 2.12. The topological polar surface area (TPSA) is 44.1 Å². The molecule has 2 aromatic rings. The summed E-state index contributed by atoms with van der Waals surface area (Å²) in [7, 11) is 1.78. The molecule has 0 aliphatic rings. The predicted molar refractivity (Wildman–Crippen MR) is 63.5 cm³/mol. The van der Waals surface area contributed by atoms with E-state index in [2.05, 4.69) is 5.10 Å². The molecule has 5 heteroatoms. The number of hydrogen-bond donors (Lipinski definition) is 0. The highest BCUT2D eigenvalue weighted by molar-refractivity contribution is 5.90. The predicted octanol–water partition coefficient (Wildman–Crippen LogP) is 2.22. The first-order valence-electron chi connectivity index (χ1n) is 5.47. The number of hydrogen-bond acceptors (Lipinski definition) is 3. The van der Waals surface area contributed by atoms with Crippen LogP contribution in [0.15, 0.2) is 30.6 Å². The monoisotopic (exact) mass is 248 g/mol. The van der Waals surface area contributed by atoms with Gasteiger partial charge >= 0.3 is 5.97 Å². The Bertz CT molecular complexity index is 578. The van der Waals surface area contributed by atoms with Crippen LogP contribution in [0.4, 0.5) is 4.39 Å². The zero-order chi connectivity index (χ0) is 13.1. The summed E-state index contributed by atoms with van der Waals surface area (Å²) in [6.07, 6.45) is 3.37. The van der Waals surface area contributed by atoms with Gasteiger partial charge in [0.05, 0.1) is 11.8 Å². The minimum Gasteiger partial charge on any atom is -0.457 e. The fraction of sp³-hybridized carbons (Fsp3) is 0.231. The SMILES string of the molecule is Cc1ccc(F)cc1C(=O)OCc1cnn(C)c1. The Balaban J connectivity index is 2.05. The Morgan fingerprint density at radius 3 is 2.94 bits per heavy atom. The van der Waals surface area contributed by atoms with E-state index >= 15 is 0 Å². The van der Waals surface area contributed by atoms with Gasteiger partial charge in [-0.2, -0.15) is 5.10 Å². The number of carbonyl (C=O) groups excluding carboxylic acids is 1. The molecule has 2 rings (SSSR count). The molecular weight excluding hydrogens is 235 g/mol. The van der Waals surface area contributed by atoms with Crippen molar-refractivity contribution in [1.29, 1.82) is 0 Å². The second-order valence-electron chi connectivity index (χ2n) is 4.06. The minimum atomic E-state index is -0.532. The molecule has 0 saturated heterocycles. The van der Waals surface area contributed by atoms with Crippen molar-refractivity contribution in [3.05, 3.63) is 53.1 Å². The fourth-order valence-electron chi connectivity index (χ4n) is 1.59. The molecule has 0 aliphatic carbocycles. The maximum Gasteiger partial charge on any atom is 0.338 e. The van der Waals surface area contributed by atoms with Crippen LogP contribution in [0.3, 0.4) is 0 Å². The Labute approximate surface area is 104 Å². The Morgan fingerprint density at radius 1 is 1.50 bits per heavy atom. The molecule has 1 aromatic heterocycles. The van der Waals surface area contributed by atoms with Gasteiger partial charge in [-0.25, -0.2) is 9.18 Å². The molecule has 1 aromatic carbocycles. The van der Waals surface area contributed by atoms with Crippen molar-refractivity contribution in [2.24, 2.45) is 7.05 Å². The molecule has 0 bridgehead atoms. The molecule has 0 aliphatic heterocycles. The molecule has 0 spiro atoms. The Hall–Kier alpha value is -2.17. The third-order valence-corrected chi connectivity index (χ3v) is 2.55. The normalized spacial score (nSPS) is 10.4. The first kappa shape index (κ1) is 12.3. The number of nitrogens with zero attached hydrogens (tertiary/aromatic N) is 2. The number of halogens is 1. The van der Waals surface area contributed by atoms with Gasteiger partial charge in [-0.3, -0.25) is 4.68 Å². The second-order valence-corrected chi connectivity index (χ2v) is 4.06. The summed E-state index contributed by atoms with van der Waals surface area (Å²) in [5.41, 5.74) is 1.73. The number of esters is 1. The molecular formula is C13H13FN2O2. The lowest BCUT2D eigenvalue weighted by Crippen LogP contribution is -2.07. The first-order valence-corrected chi connectivity index (χ1v) is 5.47. The molecule has 94 valence electrons. The maximum absolute atomic E-state index is 13.1. The maximum atomic E-state index is 13.1. The van der Waals surface area contributed by atoms with E-state index in [1.54, 1.807) is 37.1 Å². The van der Waals surface area contributed by atoms with Crippen LogP contribution in [0.25, 0.3) is 0 Å². The van der Waals surface area contributed by atoms with Crippen LogP contribution in [-0.4, -0.2) is 15.7 Å². The molecule has 0 radical (unpaired) electrons. The van der Waals surface area contributed by atoms with Crippen LogP contribution in [0.2, 0.25) is 0 Å². The summed E-state index contributed by atoms with van der Waals surface area (Å²) in [6.45, 7) is 1.86. The summed E-state index contributed by atoms with van der Waals surface area (Å²) in [5.74, 6) is -0.982. The van der Waals surface area contributed by atoms with Gasteiger partial charge in [-0.15, -0.1) is 0 Å². The molecule has 18 heavy (non-hydrogen) atoms.